The number of benzene rings is 4. The van der Waals surface area contributed by atoms with Gasteiger partial charge in [-0.3, -0.25) is 0 Å². The summed E-state index contributed by atoms with van der Waals surface area (Å²) in [6.45, 7) is 14.1. The van der Waals surface area contributed by atoms with Crippen LogP contribution in [0.15, 0.2) is 109 Å². The molecule has 0 spiro atoms. The van der Waals surface area contributed by atoms with Gasteiger partial charge in [0.1, 0.15) is 0 Å². The van der Waals surface area contributed by atoms with Crippen molar-refractivity contribution in [1.82, 2.24) is 0 Å². The zero-order valence-electron chi connectivity index (χ0n) is 25.0. The van der Waals surface area contributed by atoms with E-state index in [1.165, 1.54) is 89.4 Å². The van der Waals surface area contributed by atoms with Gasteiger partial charge < -0.3 is 14.9 Å². The van der Waals surface area contributed by atoms with Gasteiger partial charge >= 0.3 is 30.2 Å². The Hall–Kier alpha value is -2.80. The molecule has 0 aliphatic carbocycles. The molecule has 6 rings (SSSR count). The van der Waals surface area contributed by atoms with Crippen LogP contribution in [0.4, 0.5) is 0 Å². The standard InChI is InChI=1S/C19H19.C17H15.2CH3.Si.Zr/c1-13(2)16-11-18-14(3)9-10-17(19(18)12-16)15-7-5-4-6-8-15;1-12-10-16-13(2)8-9-15(17(16)11-12)14-6-4-3-5-7-14;;;;/h4-13H,1-3H3;3-11H,1-2H3;2*1H3;;/q4*-1;;. The third kappa shape index (κ3) is 7.28. The predicted molar refractivity (Wildman–Crippen MR) is 177 cm³/mol. The molecule has 0 saturated carbocycles. The van der Waals surface area contributed by atoms with E-state index in [1.54, 1.807) is 0 Å². The minimum absolute atomic E-state index is 0. The van der Waals surface area contributed by atoms with Crippen molar-refractivity contribution in [2.45, 2.75) is 40.5 Å². The van der Waals surface area contributed by atoms with E-state index >= 15 is 0 Å². The number of aryl methyl sites for hydroxylation is 3. The molecule has 0 saturated heterocycles. The topological polar surface area (TPSA) is 0 Å². The van der Waals surface area contributed by atoms with Crippen molar-refractivity contribution in [2.75, 3.05) is 0 Å². The van der Waals surface area contributed by atoms with Crippen molar-refractivity contribution in [3.63, 3.8) is 0 Å². The molecule has 0 aromatic heterocycles. The Morgan fingerprint density at radius 2 is 1.00 bits per heavy atom. The van der Waals surface area contributed by atoms with Crippen LogP contribution in [0.2, 0.25) is 0 Å². The first-order valence-corrected chi connectivity index (χ1v) is 17.3. The van der Waals surface area contributed by atoms with Crippen LogP contribution in [0.25, 0.3) is 43.8 Å². The average Bonchev–Trinajstić information content (AvgIpc) is 3.57. The van der Waals surface area contributed by atoms with Crippen molar-refractivity contribution in [3.05, 3.63) is 146 Å². The Kier molecular flexibility index (Phi) is 12.8. The van der Waals surface area contributed by atoms with Crippen LogP contribution in [-0.4, -0.2) is 6.88 Å². The quantitative estimate of drug-likeness (QED) is 0.137. The molecule has 204 valence electrons. The summed E-state index contributed by atoms with van der Waals surface area (Å²) in [6.07, 6.45) is 0. The van der Waals surface area contributed by atoms with Gasteiger partial charge in [0, 0.05) is 0 Å². The molecule has 0 nitrogen and oxygen atoms in total. The van der Waals surface area contributed by atoms with Crippen LogP contribution in [0.5, 0.6) is 0 Å². The minimum atomic E-state index is 0. The molecule has 0 heterocycles. The van der Waals surface area contributed by atoms with E-state index in [-0.39, 0.29) is 14.9 Å². The van der Waals surface area contributed by atoms with E-state index in [9.17, 15) is 0 Å². The monoisotopic (exact) mass is 614 g/mol. The van der Waals surface area contributed by atoms with Gasteiger partial charge in [-0.25, -0.2) is 0 Å². The van der Waals surface area contributed by atoms with E-state index in [0.29, 0.717) is 5.92 Å². The summed E-state index contributed by atoms with van der Waals surface area (Å²) in [5, 5.41) is 5.53. The average molecular weight is 616 g/mol. The molecule has 0 atom stereocenters. The van der Waals surface area contributed by atoms with Gasteiger partial charge in [-0.1, -0.05) is 119 Å². The fourth-order valence-corrected chi connectivity index (χ4v) is 5.13. The third-order valence-corrected chi connectivity index (χ3v) is 7.21. The summed E-state index contributed by atoms with van der Waals surface area (Å²) in [5.41, 5.74) is 10.8. The van der Waals surface area contributed by atoms with Gasteiger partial charge in [-0.05, 0) is 17.0 Å². The number of hydrogen-bond acceptors (Lipinski definition) is 0. The zero-order valence-corrected chi connectivity index (χ0v) is 28.4. The van der Waals surface area contributed by atoms with Crippen molar-refractivity contribution in [3.8, 4) is 22.3 Å². The van der Waals surface area contributed by atoms with E-state index < -0.39 is 0 Å². The number of fused-ring (bicyclic) bond motifs is 2. The van der Waals surface area contributed by atoms with Gasteiger partial charge in [0.15, 0.2) is 0 Å². The van der Waals surface area contributed by atoms with Crippen molar-refractivity contribution < 1.29 is 23.3 Å². The van der Waals surface area contributed by atoms with Crippen LogP contribution in [0.1, 0.15) is 42.0 Å². The van der Waals surface area contributed by atoms with E-state index in [2.05, 4.69) is 151 Å². The zero-order chi connectivity index (χ0) is 27.2. The molecule has 0 fully saturated rings. The first kappa shape index (κ1) is 33.4. The molecule has 0 aliphatic heterocycles. The second kappa shape index (κ2) is 15.3. The SMILES string of the molecule is Cc1cc2c(-c3ccccc3)ccc(C)c2[cH-]1.Cc1ccc(-c2ccccc2)c2cc(C(C)C)[cH-]c12.[CH3-].[CH3-].[Si]=[Zr]. The third-order valence-electron chi connectivity index (χ3n) is 7.21. The van der Waals surface area contributed by atoms with Crippen LogP contribution >= 0.6 is 0 Å². The Balaban J connectivity index is 0.000000253. The maximum atomic E-state index is 3.06. The van der Waals surface area contributed by atoms with Crippen LogP contribution in [0, 0.1) is 35.6 Å². The van der Waals surface area contributed by atoms with Gasteiger partial charge in [-0.15, -0.1) is 68.1 Å². The van der Waals surface area contributed by atoms with Crippen LogP contribution < -0.4 is 0 Å². The summed E-state index contributed by atoms with van der Waals surface area (Å²) in [6, 6.07) is 39.4. The second-order valence-corrected chi connectivity index (χ2v) is 10.2. The fraction of sp³-hybridized carbons (Fsp3) is 0.158. The molecule has 6 aromatic rings. The van der Waals surface area contributed by atoms with E-state index in [0.717, 1.165) is 0 Å². The first-order valence-electron chi connectivity index (χ1n) is 13.1. The molecule has 2 heteroatoms. The first-order chi connectivity index (χ1) is 18.4. The Morgan fingerprint density at radius 1 is 0.575 bits per heavy atom. The molecule has 2 radical (unpaired) electrons. The molecule has 40 heavy (non-hydrogen) atoms. The Morgan fingerprint density at radius 3 is 1.45 bits per heavy atom. The Labute approximate surface area is 259 Å². The van der Waals surface area contributed by atoms with Crippen LogP contribution in [0.3, 0.4) is 0 Å². The summed E-state index contributed by atoms with van der Waals surface area (Å²) in [5.74, 6) is 0.579. The summed E-state index contributed by atoms with van der Waals surface area (Å²) < 4.78 is 0. The van der Waals surface area contributed by atoms with Gasteiger partial charge in [-0.2, -0.15) is 12.1 Å². The van der Waals surface area contributed by atoms with Crippen molar-refractivity contribution in [1.29, 1.82) is 0 Å². The molecule has 0 bridgehead atoms. The van der Waals surface area contributed by atoms with Gasteiger partial charge in [0.2, 0.25) is 0 Å². The maximum absolute atomic E-state index is 3.06. The molecular formula is C38H40SiZr-4. The molecule has 0 unspecified atom stereocenters. The second-order valence-electron chi connectivity index (χ2n) is 10.2. The van der Waals surface area contributed by atoms with E-state index in [1.807, 2.05) is 0 Å². The molecular weight excluding hydrogens is 576 g/mol. The normalized spacial score (nSPS) is 10.1. The van der Waals surface area contributed by atoms with E-state index in [4.69, 9.17) is 0 Å². The van der Waals surface area contributed by atoms with Gasteiger partial charge in [0.25, 0.3) is 0 Å². The molecule has 0 aliphatic rings. The van der Waals surface area contributed by atoms with Crippen LogP contribution in [-0.2, 0) is 23.3 Å². The van der Waals surface area contributed by atoms with Crippen molar-refractivity contribution in [2.24, 2.45) is 0 Å². The number of rotatable bonds is 3. The number of hydrogen-bond donors (Lipinski definition) is 0. The fourth-order valence-electron chi connectivity index (χ4n) is 5.13. The molecule has 0 amide bonds. The summed E-state index contributed by atoms with van der Waals surface area (Å²) in [7, 11) is 0. The molecule has 6 aromatic carbocycles. The summed E-state index contributed by atoms with van der Waals surface area (Å²) >= 11 is 1.36. The van der Waals surface area contributed by atoms with Crippen molar-refractivity contribution >= 4 is 28.4 Å². The molecule has 0 N–H and O–H groups in total. The summed E-state index contributed by atoms with van der Waals surface area (Å²) in [4.78, 5) is 0. The van der Waals surface area contributed by atoms with Gasteiger partial charge in [0.05, 0.1) is 0 Å². The Bertz CT molecular complexity index is 1640. The predicted octanol–water partition coefficient (Wildman–Crippen LogP) is 11.0.